The SMILES string of the molecule is CC(C)(C)c1cc(C2CC2)cn(Cc2ncco2)c1=O. The highest BCUT2D eigenvalue weighted by molar-refractivity contribution is 5.30. The zero-order chi connectivity index (χ0) is 14.3. The van der Waals surface area contributed by atoms with E-state index in [9.17, 15) is 4.79 Å². The Morgan fingerprint density at radius 2 is 2.15 bits per heavy atom. The molecule has 0 bridgehead atoms. The molecular formula is C16H20N2O2. The van der Waals surface area contributed by atoms with Crippen LogP contribution in [0.15, 0.2) is 33.9 Å². The van der Waals surface area contributed by atoms with Crippen molar-refractivity contribution in [1.29, 1.82) is 0 Å². The maximum absolute atomic E-state index is 12.6. The van der Waals surface area contributed by atoms with Crippen LogP contribution in [0, 0.1) is 0 Å². The highest BCUT2D eigenvalue weighted by Gasteiger charge is 2.28. The molecule has 0 spiro atoms. The van der Waals surface area contributed by atoms with Gasteiger partial charge in [-0.1, -0.05) is 20.8 Å². The third-order valence-corrected chi connectivity index (χ3v) is 3.75. The third-order valence-electron chi connectivity index (χ3n) is 3.75. The molecule has 0 aliphatic heterocycles. The van der Waals surface area contributed by atoms with Crippen molar-refractivity contribution in [3.8, 4) is 0 Å². The van der Waals surface area contributed by atoms with Gasteiger partial charge in [0.1, 0.15) is 12.8 Å². The Bertz CT molecular complexity index is 659. The smallest absolute Gasteiger partial charge is 0.254 e. The van der Waals surface area contributed by atoms with E-state index in [1.165, 1.54) is 24.7 Å². The minimum Gasteiger partial charge on any atom is -0.447 e. The molecular weight excluding hydrogens is 252 g/mol. The quantitative estimate of drug-likeness (QED) is 0.862. The number of nitrogens with zero attached hydrogens (tertiary/aromatic N) is 2. The summed E-state index contributed by atoms with van der Waals surface area (Å²) < 4.78 is 7.00. The molecule has 4 nitrogen and oxygen atoms in total. The lowest BCUT2D eigenvalue weighted by Gasteiger charge is -2.20. The van der Waals surface area contributed by atoms with Gasteiger partial charge >= 0.3 is 0 Å². The van der Waals surface area contributed by atoms with Crippen molar-refractivity contribution in [2.24, 2.45) is 0 Å². The molecule has 2 aromatic heterocycles. The molecule has 20 heavy (non-hydrogen) atoms. The van der Waals surface area contributed by atoms with Gasteiger partial charge in [0, 0.05) is 11.8 Å². The van der Waals surface area contributed by atoms with Gasteiger partial charge in [-0.3, -0.25) is 4.79 Å². The van der Waals surface area contributed by atoms with Gasteiger partial charge in [0.05, 0.1) is 6.20 Å². The van der Waals surface area contributed by atoms with Crippen LogP contribution < -0.4 is 5.56 Å². The molecule has 2 heterocycles. The molecule has 0 saturated heterocycles. The van der Waals surface area contributed by atoms with Gasteiger partial charge in [0.2, 0.25) is 5.89 Å². The maximum atomic E-state index is 12.6. The molecule has 4 heteroatoms. The fourth-order valence-electron chi connectivity index (χ4n) is 2.43. The van der Waals surface area contributed by atoms with Crippen LogP contribution in [0.3, 0.4) is 0 Å². The van der Waals surface area contributed by atoms with Gasteiger partial charge in [-0.2, -0.15) is 0 Å². The van der Waals surface area contributed by atoms with Gasteiger partial charge in [-0.25, -0.2) is 4.98 Å². The van der Waals surface area contributed by atoms with Gasteiger partial charge in [0.25, 0.3) is 5.56 Å². The topological polar surface area (TPSA) is 48.0 Å². The van der Waals surface area contributed by atoms with E-state index in [0.29, 0.717) is 18.4 Å². The minimum absolute atomic E-state index is 0.0556. The summed E-state index contributed by atoms with van der Waals surface area (Å²) in [4.78, 5) is 16.7. The van der Waals surface area contributed by atoms with E-state index in [1.807, 2.05) is 6.20 Å². The van der Waals surface area contributed by atoms with Crippen LogP contribution in [-0.4, -0.2) is 9.55 Å². The van der Waals surface area contributed by atoms with Crippen LogP contribution in [0.4, 0.5) is 0 Å². The predicted octanol–water partition coefficient (Wildman–Crippen LogP) is 3.06. The highest BCUT2D eigenvalue weighted by Crippen LogP contribution is 2.40. The molecule has 0 unspecified atom stereocenters. The summed E-state index contributed by atoms with van der Waals surface area (Å²) in [5, 5.41) is 0. The Morgan fingerprint density at radius 1 is 1.40 bits per heavy atom. The van der Waals surface area contributed by atoms with E-state index in [-0.39, 0.29) is 11.0 Å². The maximum Gasteiger partial charge on any atom is 0.254 e. The van der Waals surface area contributed by atoms with Crippen LogP contribution in [0.2, 0.25) is 0 Å². The average Bonchev–Trinajstić information content (AvgIpc) is 3.09. The molecule has 3 rings (SSSR count). The van der Waals surface area contributed by atoms with Crippen molar-refractivity contribution in [2.45, 2.75) is 51.5 Å². The number of hydrogen-bond donors (Lipinski definition) is 0. The zero-order valence-electron chi connectivity index (χ0n) is 12.2. The summed E-state index contributed by atoms with van der Waals surface area (Å²) >= 11 is 0. The monoisotopic (exact) mass is 272 g/mol. The first-order valence-corrected chi connectivity index (χ1v) is 7.08. The lowest BCUT2D eigenvalue weighted by molar-refractivity contribution is 0.470. The summed E-state index contributed by atoms with van der Waals surface area (Å²) in [5.41, 5.74) is 2.04. The van der Waals surface area contributed by atoms with E-state index < -0.39 is 0 Å². The number of oxazole rings is 1. The molecule has 0 atom stereocenters. The Morgan fingerprint density at radius 3 is 2.70 bits per heavy atom. The van der Waals surface area contributed by atoms with E-state index in [0.717, 1.165) is 5.56 Å². The molecule has 0 N–H and O–H groups in total. The van der Waals surface area contributed by atoms with Crippen molar-refractivity contribution in [3.05, 3.63) is 52.1 Å². The molecule has 0 aromatic carbocycles. The van der Waals surface area contributed by atoms with Crippen molar-refractivity contribution in [3.63, 3.8) is 0 Å². The number of pyridine rings is 1. The lowest BCUT2D eigenvalue weighted by Crippen LogP contribution is -2.31. The first-order chi connectivity index (χ1) is 9.45. The largest absolute Gasteiger partial charge is 0.447 e. The van der Waals surface area contributed by atoms with Crippen LogP contribution in [0.1, 0.15) is 56.5 Å². The number of rotatable bonds is 3. The van der Waals surface area contributed by atoms with Gasteiger partial charge in [0.15, 0.2) is 0 Å². The molecule has 0 radical (unpaired) electrons. The number of aromatic nitrogens is 2. The standard InChI is InChI=1S/C16H20N2O2/c1-16(2,3)13-8-12(11-4-5-11)9-18(15(13)19)10-14-17-6-7-20-14/h6-9,11H,4-5,10H2,1-3H3. The molecule has 1 aliphatic rings. The molecule has 1 aliphatic carbocycles. The summed E-state index contributed by atoms with van der Waals surface area (Å²) in [6, 6.07) is 2.09. The second-order valence-electron chi connectivity index (χ2n) is 6.57. The fourth-order valence-corrected chi connectivity index (χ4v) is 2.43. The Labute approximate surface area is 118 Å². The average molecular weight is 272 g/mol. The summed E-state index contributed by atoms with van der Waals surface area (Å²) in [7, 11) is 0. The molecule has 2 aromatic rings. The van der Waals surface area contributed by atoms with Gasteiger partial charge in [-0.15, -0.1) is 0 Å². The summed E-state index contributed by atoms with van der Waals surface area (Å²) in [6.45, 7) is 6.64. The third kappa shape index (κ3) is 2.55. The van der Waals surface area contributed by atoms with E-state index >= 15 is 0 Å². The van der Waals surface area contributed by atoms with Crippen LogP contribution in [0.5, 0.6) is 0 Å². The molecule has 106 valence electrons. The second-order valence-corrected chi connectivity index (χ2v) is 6.57. The molecule has 1 fully saturated rings. The van der Waals surface area contributed by atoms with Crippen LogP contribution in [0.25, 0.3) is 0 Å². The van der Waals surface area contributed by atoms with Crippen LogP contribution >= 0.6 is 0 Å². The Hall–Kier alpha value is -1.84. The minimum atomic E-state index is -0.152. The summed E-state index contributed by atoms with van der Waals surface area (Å²) in [6.07, 6.45) is 7.56. The Kier molecular flexibility index (Phi) is 3.04. The first kappa shape index (κ1) is 13.2. The van der Waals surface area contributed by atoms with Crippen LogP contribution in [-0.2, 0) is 12.0 Å². The van der Waals surface area contributed by atoms with E-state index in [1.54, 1.807) is 10.8 Å². The Balaban J connectivity index is 2.07. The van der Waals surface area contributed by atoms with Gasteiger partial charge < -0.3 is 8.98 Å². The summed E-state index contributed by atoms with van der Waals surface area (Å²) in [5.74, 6) is 1.19. The zero-order valence-corrected chi connectivity index (χ0v) is 12.2. The van der Waals surface area contributed by atoms with Crippen molar-refractivity contribution < 1.29 is 4.42 Å². The second kappa shape index (κ2) is 4.62. The number of hydrogen-bond acceptors (Lipinski definition) is 3. The van der Waals surface area contributed by atoms with Crippen molar-refractivity contribution in [2.75, 3.05) is 0 Å². The van der Waals surface area contributed by atoms with Crippen molar-refractivity contribution >= 4 is 0 Å². The fraction of sp³-hybridized carbons (Fsp3) is 0.500. The lowest BCUT2D eigenvalue weighted by atomic mass is 9.87. The van der Waals surface area contributed by atoms with Gasteiger partial charge in [-0.05, 0) is 35.8 Å². The van der Waals surface area contributed by atoms with Crippen molar-refractivity contribution in [1.82, 2.24) is 9.55 Å². The first-order valence-electron chi connectivity index (χ1n) is 7.08. The van der Waals surface area contributed by atoms with E-state index in [2.05, 4.69) is 31.8 Å². The molecule has 1 saturated carbocycles. The molecule has 0 amide bonds. The predicted molar refractivity (Wildman–Crippen MR) is 77.0 cm³/mol. The van der Waals surface area contributed by atoms with E-state index in [4.69, 9.17) is 4.42 Å². The highest BCUT2D eigenvalue weighted by atomic mass is 16.3. The normalized spacial score (nSPS) is 15.6.